The molecule has 1 fully saturated rings. The number of ether oxygens (including phenoxy) is 1. The molecule has 1 atom stereocenters. The van der Waals surface area contributed by atoms with E-state index < -0.39 is 0 Å². The highest BCUT2D eigenvalue weighted by Gasteiger charge is 2.24. The molecule has 1 N–H and O–H groups in total. The molecule has 2 aromatic carbocycles. The van der Waals surface area contributed by atoms with Gasteiger partial charge in [0.05, 0.1) is 25.4 Å². The number of benzene rings is 2. The van der Waals surface area contributed by atoms with Gasteiger partial charge in [-0.1, -0.05) is 36.4 Å². The largest absolute Gasteiger partial charge is 0.495 e. The Labute approximate surface area is 167 Å². The minimum atomic E-state index is 0.132. The van der Waals surface area contributed by atoms with Crippen LogP contribution in [0.25, 0.3) is 0 Å². The third-order valence-electron chi connectivity index (χ3n) is 5.87. The fourth-order valence-electron chi connectivity index (χ4n) is 4.38. The van der Waals surface area contributed by atoms with Gasteiger partial charge in [-0.15, -0.1) is 0 Å². The zero-order valence-electron chi connectivity index (χ0n) is 16.6. The van der Waals surface area contributed by atoms with Gasteiger partial charge >= 0.3 is 0 Å². The summed E-state index contributed by atoms with van der Waals surface area (Å²) in [5, 5.41) is 3.27. The van der Waals surface area contributed by atoms with Gasteiger partial charge in [-0.2, -0.15) is 0 Å². The number of hydrogen-bond acceptors (Lipinski definition) is 4. The average Bonchev–Trinajstić information content (AvgIpc) is 2.74. The van der Waals surface area contributed by atoms with E-state index in [2.05, 4.69) is 45.4 Å². The summed E-state index contributed by atoms with van der Waals surface area (Å²) in [5.41, 5.74) is 3.81. The Hall–Kier alpha value is -2.53. The molecule has 1 aliphatic carbocycles. The molecule has 0 saturated carbocycles. The number of hydrogen-bond donors (Lipinski definition) is 1. The van der Waals surface area contributed by atoms with E-state index in [0.717, 1.165) is 56.9 Å². The average molecular weight is 380 g/mol. The van der Waals surface area contributed by atoms with Crippen molar-refractivity contribution in [1.29, 1.82) is 0 Å². The van der Waals surface area contributed by atoms with Crippen LogP contribution in [0.1, 0.15) is 30.0 Å². The van der Waals surface area contributed by atoms with Crippen molar-refractivity contribution >= 4 is 11.6 Å². The molecule has 4 rings (SSSR count). The van der Waals surface area contributed by atoms with Gasteiger partial charge in [0.15, 0.2) is 0 Å². The lowest BCUT2D eigenvalue weighted by atomic mass is 9.88. The van der Waals surface area contributed by atoms with Gasteiger partial charge in [-0.3, -0.25) is 9.69 Å². The Kier molecular flexibility index (Phi) is 5.81. The van der Waals surface area contributed by atoms with Crippen LogP contribution in [-0.4, -0.2) is 50.6 Å². The number of carbonyl (C=O) groups excluding carboxylic acids is 1. The van der Waals surface area contributed by atoms with E-state index in [1.54, 1.807) is 7.11 Å². The van der Waals surface area contributed by atoms with Crippen molar-refractivity contribution < 1.29 is 9.53 Å². The normalized spacial score (nSPS) is 19.8. The highest BCUT2D eigenvalue weighted by molar-refractivity contribution is 5.78. The van der Waals surface area contributed by atoms with Gasteiger partial charge in [0.1, 0.15) is 5.75 Å². The molecule has 5 heteroatoms. The number of piperazine rings is 1. The number of fused-ring (bicyclic) bond motifs is 1. The predicted octanol–water partition coefficient (Wildman–Crippen LogP) is 3.01. The number of rotatable bonds is 5. The quantitative estimate of drug-likeness (QED) is 0.867. The van der Waals surface area contributed by atoms with Gasteiger partial charge in [-0.05, 0) is 42.5 Å². The maximum absolute atomic E-state index is 12.7. The lowest BCUT2D eigenvalue weighted by Gasteiger charge is -2.36. The summed E-state index contributed by atoms with van der Waals surface area (Å²) in [5.74, 6) is 1.04. The Morgan fingerprint density at radius 1 is 1.07 bits per heavy atom. The van der Waals surface area contributed by atoms with Crippen molar-refractivity contribution in [1.82, 2.24) is 10.2 Å². The number of methoxy groups -OCH3 is 1. The first-order chi connectivity index (χ1) is 13.7. The molecule has 1 aliphatic heterocycles. The number of anilines is 1. The first-order valence-corrected chi connectivity index (χ1v) is 10.2. The van der Waals surface area contributed by atoms with Gasteiger partial charge in [-0.25, -0.2) is 0 Å². The van der Waals surface area contributed by atoms with Crippen LogP contribution < -0.4 is 15.0 Å². The molecular formula is C23H29N3O2. The minimum Gasteiger partial charge on any atom is -0.495 e. The standard InChI is InChI=1S/C23H29N3O2/c1-28-22-12-5-4-11-21(22)26-15-13-25(14-16-26)17-23(27)24-20-10-6-8-18-7-2-3-9-19(18)20/h2-5,7,9,11-12,20H,6,8,10,13-17H2,1H3,(H,24,27). The first-order valence-electron chi connectivity index (χ1n) is 10.2. The third-order valence-corrected chi connectivity index (χ3v) is 5.87. The zero-order chi connectivity index (χ0) is 19.3. The monoisotopic (exact) mass is 379 g/mol. The van der Waals surface area contributed by atoms with Crippen LogP contribution in [0, 0.1) is 0 Å². The molecule has 1 heterocycles. The minimum absolute atomic E-state index is 0.132. The van der Waals surface area contributed by atoms with E-state index in [9.17, 15) is 4.79 Å². The summed E-state index contributed by atoms with van der Waals surface area (Å²) in [4.78, 5) is 17.2. The summed E-state index contributed by atoms with van der Waals surface area (Å²) >= 11 is 0. The van der Waals surface area contributed by atoms with Crippen LogP contribution in [-0.2, 0) is 11.2 Å². The zero-order valence-corrected chi connectivity index (χ0v) is 16.6. The number of carbonyl (C=O) groups is 1. The van der Waals surface area contributed by atoms with E-state index in [4.69, 9.17) is 4.74 Å². The van der Waals surface area contributed by atoms with Gasteiger partial charge in [0.25, 0.3) is 0 Å². The number of nitrogens with one attached hydrogen (secondary N) is 1. The Bertz CT molecular complexity index is 815. The topological polar surface area (TPSA) is 44.8 Å². The lowest BCUT2D eigenvalue weighted by Crippen LogP contribution is -2.50. The molecule has 0 bridgehead atoms. The maximum atomic E-state index is 12.7. The summed E-state index contributed by atoms with van der Waals surface area (Å²) in [7, 11) is 1.71. The highest BCUT2D eigenvalue weighted by atomic mass is 16.5. The second kappa shape index (κ2) is 8.65. The van der Waals surface area contributed by atoms with E-state index in [0.29, 0.717) is 6.54 Å². The van der Waals surface area contributed by atoms with Crippen molar-refractivity contribution in [3.8, 4) is 5.75 Å². The third kappa shape index (κ3) is 4.14. The molecule has 1 saturated heterocycles. The number of para-hydroxylation sites is 2. The number of amides is 1. The van der Waals surface area contributed by atoms with Crippen LogP contribution in [0.5, 0.6) is 5.75 Å². The molecule has 0 spiro atoms. The summed E-state index contributed by atoms with van der Waals surface area (Å²) in [6.45, 7) is 4.04. The summed E-state index contributed by atoms with van der Waals surface area (Å²) in [6, 6.07) is 16.8. The molecule has 0 aromatic heterocycles. The molecule has 1 amide bonds. The van der Waals surface area contributed by atoms with Crippen molar-refractivity contribution in [3.63, 3.8) is 0 Å². The van der Waals surface area contributed by atoms with Crippen molar-refractivity contribution in [2.45, 2.75) is 25.3 Å². The Morgan fingerprint density at radius 3 is 2.64 bits per heavy atom. The SMILES string of the molecule is COc1ccccc1N1CCN(CC(=O)NC2CCCc3ccccc32)CC1. The first kappa shape index (κ1) is 18.8. The van der Waals surface area contributed by atoms with Crippen molar-refractivity contribution in [2.75, 3.05) is 44.7 Å². The fourth-order valence-corrected chi connectivity index (χ4v) is 4.38. The smallest absolute Gasteiger partial charge is 0.234 e. The lowest BCUT2D eigenvalue weighted by molar-refractivity contribution is -0.123. The number of nitrogens with zero attached hydrogens (tertiary/aromatic N) is 2. The van der Waals surface area contributed by atoms with Crippen molar-refractivity contribution in [3.05, 3.63) is 59.7 Å². The predicted molar refractivity (Wildman–Crippen MR) is 112 cm³/mol. The Balaban J connectivity index is 1.30. The molecule has 1 unspecified atom stereocenters. The molecule has 28 heavy (non-hydrogen) atoms. The second-order valence-corrected chi connectivity index (χ2v) is 7.65. The molecule has 0 radical (unpaired) electrons. The molecule has 2 aliphatic rings. The molecular weight excluding hydrogens is 350 g/mol. The van der Waals surface area contributed by atoms with E-state index in [1.807, 2.05) is 18.2 Å². The summed E-state index contributed by atoms with van der Waals surface area (Å²) in [6.07, 6.45) is 3.29. The van der Waals surface area contributed by atoms with Crippen LogP contribution in [0.2, 0.25) is 0 Å². The van der Waals surface area contributed by atoms with Crippen LogP contribution >= 0.6 is 0 Å². The van der Waals surface area contributed by atoms with Gasteiger partial charge < -0.3 is 15.0 Å². The second-order valence-electron chi connectivity index (χ2n) is 7.65. The highest BCUT2D eigenvalue weighted by Crippen LogP contribution is 2.30. The molecule has 2 aromatic rings. The van der Waals surface area contributed by atoms with Gasteiger partial charge in [0.2, 0.25) is 5.91 Å². The van der Waals surface area contributed by atoms with E-state index in [1.165, 1.54) is 11.1 Å². The van der Waals surface area contributed by atoms with Crippen LogP contribution in [0.4, 0.5) is 5.69 Å². The summed E-state index contributed by atoms with van der Waals surface area (Å²) < 4.78 is 5.48. The van der Waals surface area contributed by atoms with E-state index >= 15 is 0 Å². The number of aryl methyl sites for hydroxylation is 1. The van der Waals surface area contributed by atoms with Crippen molar-refractivity contribution in [2.24, 2.45) is 0 Å². The van der Waals surface area contributed by atoms with E-state index in [-0.39, 0.29) is 11.9 Å². The maximum Gasteiger partial charge on any atom is 0.234 e. The van der Waals surface area contributed by atoms with Crippen LogP contribution in [0.3, 0.4) is 0 Å². The van der Waals surface area contributed by atoms with Gasteiger partial charge in [0, 0.05) is 26.2 Å². The molecule has 148 valence electrons. The Morgan fingerprint density at radius 2 is 1.82 bits per heavy atom. The van der Waals surface area contributed by atoms with Crippen LogP contribution in [0.15, 0.2) is 48.5 Å². The fraction of sp³-hybridized carbons (Fsp3) is 0.435. The molecule has 5 nitrogen and oxygen atoms in total.